The van der Waals surface area contributed by atoms with Gasteiger partial charge >= 0.3 is 0 Å². The Balaban J connectivity index is 0.000000980. The van der Waals surface area contributed by atoms with Gasteiger partial charge in [0.15, 0.2) is 11.5 Å². The largest absolute Gasteiger partial charge is 0.454 e. The van der Waals surface area contributed by atoms with Gasteiger partial charge in [0.2, 0.25) is 6.79 Å². The number of thiophene rings is 1. The lowest BCUT2D eigenvalue weighted by Crippen LogP contribution is -2.33. The molecule has 1 aromatic carbocycles. The van der Waals surface area contributed by atoms with Gasteiger partial charge in [-0.05, 0) is 29.1 Å². The first-order valence-corrected chi connectivity index (χ1v) is 8.99. The maximum atomic E-state index is 5.47. The van der Waals surface area contributed by atoms with Crippen molar-refractivity contribution < 1.29 is 9.47 Å². The van der Waals surface area contributed by atoms with Gasteiger partial charge in [0.25, 0.3) is 0 Å². The highest BCUT2D eigenvalue weighted by Crippen LogP contribution is 2.33. The minimum atomic E-state index is 0. The van der Waals surface area contributed by atoms with Crippen LogP contribution in [0, 0.1) is 0 Å². The van der Waals surface area contributed by atoms with E-state index >= 15 is 0 Å². The molecule has 0 unspecified atom stereocenters. The van der Waals surface area contributed by atoms with Crippen LogP contribution in [0.3, 0.4) is 0 Å². The average Bonchev–Trinajstić information content (AvgIpc) is 3.34. The molecule has 2 aliphatic rings. The minimum absolute atomic E-state index is 0. The van der Waals surface area contributed by atoms with Crippen LogP contribution in [0.15, 0.2) is 41.2 Å². The summed E-state index contributed by atoms with van der Waals surface area (Å²) in [5.41, 5.74) is 3.74. The Kier molecular flexibility index (Phi) is 5.77. The molecule has 3 aromatic rings. The van der Waals surface area contributed by atoms with E-state index in [4.69, 9.17) is 9.47 Å². The van der Waals surface area contributed by atoms with Gasteiger partial charge in [-0.25, -0.2) is 4.98 Å². The van der Waals surface area contributed by atoms with Gasteiger partial charge in [-0.3, -0.25) is 4.90 Å². The van der Waals surface area contributed by atoms with Crippen LogP contribution >= 0.6 is 36.2 Å². The van der Waals surface area contributed by atoms with E-state index in [2.05, 4.69) is 43.4 Å². The van der Waals surface area contributed by atoms with Crippen molar-refractivity contribution in [2.45, 2.75) is 19.6 Å². The van der Waals surface area contributed by atoms with E-state index in [1.807, 2.05) is 12.3 Å². The fourth-order valence-electron chi connectivity index (χ4n) is 3.38. The molecule has 0 amide bonds. The van der Waals surface area contributed by atoms with E-state index in [-0.39, 0.29) is 24.8 Å². The van der Waals surface area contributed by atoms with E-state index in [1.54, 1.807) is 11.3 Å². The zero-order valence-corrected chi connectivity index (χ0v) is 16.4. The molecule has 0 atom stereocenters. The first-order chi connectivity index (χ1) is 11.9. The number of aromatic nitrogens is 2. The van der Waals surface area contributed by atoms with Crippen molar-refractivity contribution in [3.63, 3.8) is 0 Å². The van der Waals surface area contributed by atoms with Crippen molar-refractivity contribution >= 4 is 36.2 Å². The van der Waals surface area contributed by atoms with Crippen LogP contribution in [0.1, 0.15) is 11.4 Å². The highest BCUT2D eigenvalue weighted by molar-refractivity contribution is 7.08. The number of halogens is 2. The fourth-order valence-corrected chi connectivity index (χ4v) is 4.03. The summed E-state index contributed by atoms with van der Waals surface area (Å²) in [5, 5.41) is 4.30. The molecule has 0 aliphatic carbocycles. The summed E-state index contributed by atoms with van der Waals surface area (Å²) in [6.45, 7) is 4.10. The van der Waals surface area contributed by atoms with Crippen molar-refractivity contribution in [3.8, 4) is 22.8 Å². The van der Waals surface area contributed by atoms with Crippen LogP contribution in [0.2, 0.25) is 0 Å². The van der Waals surface area contributed by atoms with E-state index in [0.29, 0.717) is 6.79 Å². The van der Waals surface area contributed by atoms with E-state index in [9.17, 15) is 0 Å². The summed E-state index contributed by atoms with van der Waals surface area (Å²) in [7, 11) is 0. The van der Waals surface area contributed by atoms with Crippen molar-refractivity contribution in [1.82, 2.24) is 14.5 Å². The second-order valence-electron chi connectivity index (χ2n) is 6.12. The lowest BCUT2D eigenvalue weighted by atomic mass is 10.1. The highest BCUT2D eigenvalue weighted by Gasteiger charge is 2.21. The number of benzene rings is 1. The monoisotopic (exact) mass is 411 g/mol. The third-order valence-corrected chi connectivity index (χ3v) is 5.29. The summed E-state index contributed by atoms with van der Waals surface area (Å²) < 4.78 is 13.2. The third-order valence-electron chi connectivity index (χ3n) is 4.60. The Bertz CT molecular complexity index is 883. The molecule has 8 heteroatoms. The molecule has 0 bridgehead atoms. The van der Waals surface area contributed by atoms with Crippen molar-refractivity contribution in [3.05, 3.63) is 52.6 Å². The topological polar surface area (TPSA) is 39.5 Å². The van der Waals surface area contributed by atoms with E-state index < -0.39 is 0 Å². The second-order valence-corrected chi connectivity index (χ2v) is 6.90. The lowest BCUT2D eigenvalue weighted by Gasteiger charge is -2.28. The number of ether oxygens (including phenoxy) is 2. The van der Waals surface area contributed by atoms with E-state index in [1.165, 1.54) is 16.8 Å². The van der Waals surface area contributed by atoms with Gasteiger partial charge in [-0.2, -0.15) is 11.3 Å². The smallest absolute Gasteiger partial charge is 0.231 e. The van der Waals surface area contributed by atoms with Crippen molar-refractivity contribution in [2.75, 3.05) is 13.3 Å². The molecule has 5 nitrogen and oxygen atoms in total. The number of rotatable bonds is 3. The SMILES string of the molecule is Cl.Cl.c1cc(-c2cnc3n2CCN(Cc2ccc4c(c2)OCO4)C3)cs1. The van der Waals surface area contributed by atoms with Gasteiger partial charge in [0.1, 0.15) is 5.82 Å². The molecule has 2 aliphatic heterocycles. The molecule has 5 rings (SSSR count). The van der Waals surface area contributed by atoms with Gasteiger partial charge in [0.05, 0.1) is 18.4 Å². The summed E-state index contributed by atoms with van der Waals surface area (Å²) in [6, 6.07) is 8.36. The Hall–Kier alpha value is -1.73. The molecule has 0 saturated heterocycles. The Labute approximate surface area is 168 Å². The zero-order valence-electron chi connectivity index (χ0n) is 14.0. The average molecular weight is 412 g/mol. The molecule has 138 valence electrons. The molecule has 0 fully saturated rings. The van der Waals surface area contributed by atoms with Crippen LogP contribution in [0.5, 0.6) is 11.5 Å². The van der Waals surface area contributed by atoms with Crippen molar-refractivity contribution in [2.24, 2.45) is 0 Å². The first kappa shape index (κ1) is 19.0. The van der Waals surface area contributed by atoms with Crippen LogP contribution in [0.4, 0.5) is 0 Å². The number of imidazole rings is 1. The maximum Gasteiger partial charge on any atom is 0.231 e. The van der Waals surface area contributed by atoms with Gasteiger partial charge in [-0.1, -0.05) is 6.07 Å². The van der Waals surface area contributed by atoms with E-state index in [0.717, 1.165) is 43.5 Å². The predicted octanol–water partition coefficient (Wildman–Crippen LogP) is 4.20. The molecule has 4 heterocycles. The van der Waals surface area contributed by atoms with Crippen LogP contribution < -0.4 is 9.47 Å². The Morgan fingerprint density at radius 1 is 1.08 bits per heavy atom. The molecular weight excluding hydrogens is 393 g/mol. The summed E-state index contributed by atoms with van der Waals surface area (Å²) >= 11 is 1.73. The number of nitrogens with zero attached hydrogens (tertiary/aromatic N) is 3. The standard InChI is InChI=1S/C18H17N3O2S.2ClH/c1-2-16-17(23-12-22-16)7-13(1)9-20-4-5-21-15(8-19-18(21)10-20)14-3-6-24-11-14;;/h1-3,6-8,11H,4-5,9-10,12H2;2*1H. The van der Waals surface area contributed by atoms with Crippen LogP contribution in [-0.4, -0.2) is 27.8 Å². The molecule has 0 saturated carbocycles. The third kappa shape index (κ3) is 3.42. The number of hydrogen-bond acceptors (Lipinski definition) is 5. The number of fused-ring (bicyclic) bond motifs is 2. The fraction of sp³-hybridized carbons (Fsp3) is 0.278. The first-order valence-electron chi connectivity index (χ1n) is 8.05. The molecule has 0 radical (unpaired) electrons. The van der Waals surface area contributed by atoms with Crippen LogP contribution in [-0.2, 0) is 19.6 Å². The van der Waals surface area contributed by atoms with Gasteiger partial charge < -0.3 is 14.0 Å². The molecule has 0 N–H and O–H groups in total. The minimum Gasteiger partial charge on any atom is -0.454 e. The molecule has 26 heavy (non-hydrogen) atoms. The highest BCUT2D eigenvalue weighted by atomic mass is 35.5. The maximum absolute atomic E-state index is 5.47. The van der Waals surface area contributed by atoms with Crippen LogP contribution in [0.25, 0.3) is 11.3 Å². The zero-order chi connectivity index (χ0) is 15.9. The van der Waals surface area contributed by atoms with Crippen molar-refractivity contribution in [1.29, 1.82) is 0 Å². The Morgan fingerprint density at radius 2 is 1.96 bits per heavy atom. The predicted molar refractivity (Wildman–Crippen MR) is 107 cm³/mol. The molecular formula is C18H19Cl2N3O2S. The summed E-state index contributed by atoms with van der Waals surface area (Å²) in [5.74, 6) is 2.84. The molecule has 2 aromatic heterocycles. The Morgan fingerprint density at radius 3 is 2.81 bits per heavy atom. The molecule has 0 spiro atoms. The van der Waals surface area contributed by atoms with Gasteiger partial charge in [0, 0.05) is 30.6 Å². The quantitative estimate of drug-likeness (QED) is 0.647. The number of hydrogen-bond donors (Lipinski definition) is 0. The van der Waals surface area contributed by atoms with Gasteiger partial charge in [-0.15, -0.1) is 24.8 Å². The summed E-state index contributed by atoms with van der Waals surface area (Å²) in [4.78, 5) is 7.07. The second kappa shape index (κ2) is 7.88. The summed E-state index contributed by atoms with van der Waals surface area (Å²) in [6.07, 6.45) is 2.00. The normalized spacial score (nSPS) is 15.1. The lowest BCUT2D eigenvalue weighted by molar-refractivity contribution is 0.173.